The van der Waals surface area contributed by atoms with Crippen LogP contribution in [0.2, 0.25) is 0 Å². The van der Waals surface area contributed by atoms with E-state index < -0.39 is 5.41 Å². The maximum atomic E-state index is 6.52. The Labute approximate surface area is 296 Å². The summed E-state index contributed by atoms with van der Waals surface area (Å²) in [6.07, 6.45) is 7.72. The molecule has 1 spiro atoms. The van der Waals surface area contributed by atoms with Crippen LogP contribution in [0.25, 0.3) is 72.3 Å². The van der Waals surface area contributed by atoms with Gasteiger partial charge in [-0.2, -0.15) is 4.98 Å². The number of nitrogens with zero attached hydrogens (tertiary/aromatic N) is 2. The molecule has 6 aromatic carbocycles. The number of rotatable bonds is 5. The first-order valence-electron chi connectivity index (χ1n) is 17.4. The highest BCUT2D eigenvalue weighted by Crippen LogP contribution is 2.64. The summed E-state index contributed by atoms with van der Waals surface area (Å²) in [7, 11) is 0. The zero-order valence-corrected chi connectivity index (χ0v) is 28.1. The minimum atomic E-state index is -0.393. The first-order chi connectivity index (χ1) is 25.2. The number of furan rings is 1. The van der Waals surface area contributed by atoms with Crippen molar-refractivity contribution in [1.29, 1.82) is 0 Å². The predicted octanol–water partition coefficient (Wildman–Crippen LogP) is 12.2. The molecule has 240 valence electrons. The number of hydrogen-bond acceptors (Lipinski definition) is 3. The lowest BCUT2D eigenvalue weighted by Gasteiger charge is -2.30. The third-order valence-electron chi connectivity index (χ3n) is 10.7. The van der Waals surface area contributed by atoms with Crippen LogP contribution in [0.15, 0.2) is 175 Å². The molecule has 0 amide bonds. The van der Waals surface area contributed by atoms with Crippen molar-refractivity contribution in [2.24, 2.45) is 0 Å². The first kappa shape index (κ1) is 29.3. The molecule has 0 saturated carbocycles. The fraction of sp³-hybridized carbons (Fsp3) is 0.0417. The number of aromatic nitrogens is 2. The van der Waals surface area contributed by atoms with Gasteiger partial charge in [0.1, 0.15) is 5.58 Å². The van der Waals surface area contributed by atoms with Gasteiger partial charge in [-0.15, -0.1) is 0 Å². The van der Waals surface area contributed by atoms with Crippen LogP contribution in [0.4, 0.5) is 0 Å². The van der Waals surface area contributed by atoms with Crippen LogP contribution in [0.3, 0.4) is 0 Å². The van der Waals surface area contributed by atoms with Crippen LogP contribution in [-0.2, 0) is 5.41 Å². The maximum absolute atomic E-state index is 6.52. The van der Waals surface area contributed by atoms with E-state index in [1.54, 1.807) is 6.08 Å². The molecule has 0 radical (unpaired) electrons. The highest BCUT2D eigenvalue weighted by molar-refractivity contribution is 6.12. The SMILES string of the molecule is C=C/C(=C\C=C/C)c1nc(-c2ccccc2)c2c(n1)oc1ccc(-c3cccc4c3-c3ccccc3C43c4ccccc4-c4ccccc43)cc12. The normalized spacial score (nSPS) is 13.9. The van der Waals surface area contributed by atoms with E-state index in [1.165, 1.54) is 50.1 Å². The average Bonchev–Trinajstić information content (AvgIpc) is 3.82. The third kappa shape index (κ3) is 4.06. The minimum absolute atomic E-state index is 0.393. The van der Waals surface area contributed by atoms with Gasteiger partial charge in [-0.25, -0.2) is 4.98 Å². The van der Waals surface area contributed by atoms with E-state index in [1.807, 2.05) is 43.4 Å². The lowest BCUT2D eigenvalue weighted by atomic mass is 9.70. The summed E-state index contributed by atoms with van der Waals surface area (Å²) in [6, 6.07) is 50.5. The molecule has 2 aromatic heterocycles. The number of hydrogen-bond donors (Lipinski definition) is 0. The first-order valence-corrected chi connectivity index (χ1v) is 17.4. The summed E-state index contributed by atoms with van der Waals surface area (Å²) in [5, 5.41) is 1.89. The predicted molar refractivity (Wildman–Crippen MR) is 209 cm³/mol. The molecule has 3 heteroatoms. The Hall–Kier alpha value is -6.58. The Bertz CT molecular complexity index is 2740. The molecule has 0 fully saturated rings. The second-order valence-corrected chi connectivity index (χ2v) is 13.2. The van der Waals surface area contributed by atoms with Gasteiger partial charge in [-0.1, -0.05) is 158 Å². The van der Waals surface area contributed by atoms with Gasteiger partial charge >= 0.3 is 0 Å². The molecule has 10 rings (SSSR count). The van der Waals surface area contributed by atoms with Crippen LogP contribution in [0.5, 0.6) is 0 Å². The van der Waals surface area contributed by atoms with E-state index in [0.29, 0.717) is 11.5 Å². The summed E-state index contributed by atoms with van der Waals surface area (Å²) in [4.78, 5) is 10.1. The van der Waals surface area contributed by atoms with E-state index in [-0.39, 0.29) is 0 Å². The second-order valence-electron chi connectivity index (χ2n) is 13.2. The van der Waals surface area contributed by atoms with Crippen molar-refractivity contribution < 1.29 is 4.42 Å². The van der Waals surface area contributed by atoms with Crippen molar-refractivity contribution in [2.45, 2.75) is 12.3 Å². The summed E-state index contributed by atoms with van der Waals surface area (Å²) >= 11 is 0. The van der Waals surface area contributed by atoms with Gasteiger partial charge in [0.05, 0.1) is 16.5 Å². The van der Waals surface area contributed by atoms with Crippen molar-refractivity contribution in [3.63, 3.8) is 0 Å². The molecule has 0 N–H and O–H groups in total. The highest BCUT2D eigenvalue weighted by Gasteiger charge is 2.51. The van der Waals surface area contributed by atoms with E-state index in [0.717, 1.165) is 38.7 Å². The van der Waals surface area contributed by atoms with Gasteiger partial charge in [0, 0.05) is 16.5 Å². The lowest BCUT2D eigenvalue weighted by Crippen LogP contribution is -2.25. The van der Waals surface area contributed by atoms with E-state index in [4.69, 9.17) is 14.4 Å². The highest BCUT2D eigenvalue weighted by atomic mass is 16.3. The van der Waals surface area contributed by atoms with E-state index in [2.05, 4.69) is 128 Å². The second kappa shape index (κ2) is 11.2. The molecular formula is C48H32N2O. The Balaban J connectivity index is 1.24. The molecule has 0 atom stereocenters. The zero-order chi connectivity index (χ0) is 34.1. The summed E-state index contributed by atoms with van der Waals surface area (Å²) in [5.41, 5.74) is 16.4. The quantitative estimate of drug-likeness (QED) is 0.174. The maximum Gasteiger partial charge on any atom is 0.231 e. The zero-order valence-electron chi connectivity index (χ0n) is 28.1. The molecular weight excluding hydrogens is 621 g/mol. The Morgan fingerprint density at radius 3 is 1.96 bits per heavy atom. The fourth-order valence-corrected chi connectivity index (χ4v) is 8.59. The van der Waals surface area contributed by atoms with Crippen LogP contribution in [0, 0.1) is 0 Å². The van der Waals surface area contributed by atoms with Crippen molar-refractivity contribution in [2.75, 3.05) is 0 Å². The van der Waals surface area contributed by atoms with Gasteiger partial charge in [-0.3, -0.25) is 0 Å². The molecule has 8 aromatic rings. The summed E-state index contributed by atoms with van der Waals surface area (Å²) in [5.74, 6) is 0.577. The molecule has 2 aliphatic carbocycles. The van der Waals surface area contributed by atoms with Gasteiger partial charge in [-0.05, 0) is 74.7 Å². The molecule has 0 saturated heterocycles. The molecule has 2 aliphatic rings. The van der Waals surface area contributed by atoms with Gasteiger partial charge in [0.2, 0.25) is 5.71 Å². The largest absolute Gasteiger partial charge is 0.438 e. The fourth-order valence-electron chi connectivity index (χ4n) is 8.59. The Kier molecular flexibility index (Phi) is 6.46. The lowest BCUT2D eigenvalue weighted by molar-refractivity contribution is 0.652. The van der Waals surface area contributed by atoms with Crippen LogP contribution in [-0.4, -0.2) is 9.97 Å². The van der Waals surface area contributed by atoms with E-state index >= 15 is 0 Å². The summed E-state index contributed by atoms with van der Waals surface area (Å²) in [6.45, 7) is 6.03. The molecule has 0 aliphatic heterocycles. The van der Waals surface area contributed by atoms with Crippen molar-refractivity contribution in [3.05, 3.63) is 198 Å². The Morgan fingerprint density at radius 1 is 0.627 bits per heavy atom. The third-order valence-corrected chi connectivity index (χ3v) is 10.7. The molecule has 0 unspecified atom stereocenters. The molecule has 3 nitrogen and oxygen atoms in total. The van der Waals surface area contributed by atoms with E-state index in [9.17, 15) is 0 Å². The molecule has 0 bridgehead atoms. The van der Waals surface area contributed by atoms with Crippen LogP contribution < -0.4 is 0 Å². The monoisotopic (exact) mass is 652 g/mol. The Morgan fingerprint density at radius 2 is 1.25 bits per heavy atom. The topological polar surface area (TPSA) is 38.9 Å². The van der Waals surface area contributed by atoms with Crippen LogP contribution in [0.1, 0.15) is 35.0 Å². The van der Waals surface area contributed by atoms with Gasteiger partial charge < -0.3 is 4.42 Å². The van der Waals surface area contributed by atoms with Crippen molar-refractivity contribution >= 4 is 27.6 Å². The molecule has 2 heterocycles. The smallest absolute Gasteiger partial charge is 0.231 e. The average molecular weight is 653 g/mol. The standard InChI is InChI=1S/C48H32N2O/c1-3-5-16-30(4-2)46-49-45(31-17-7-6-8-18-31)44-37-29-32(27-28-42(37)51-47(44)50-46)33-22-15-26-41-43(33)36-21-11-14-25-40(36)48(41)38-23-12-9-19-34(38)35-20-10-13-24-39(35)48/h3-29H,2H2,1H3/b5-3-,30-16+. The summed E-state index contributed by atoms with van der Waals surface area (Å²) < 4.78 is 6.52. The molecule has 51 heavy (non-hydrogen) atoms. The van der Waals surface area contributed by atoms with Gasteiger partial charge in [0.25, 0.3) is 0 Å². The number of allylic oxidation sites excluding steroid dienone is 5. The number of benzene rings is 6. The van der Waals surface area contributed by atoms with Crippen molar-refractivity contribution in [3.8, 4) is 44.6 Å². The van der Waals surface area contributed by atoms with Crippen molar-refractivity contribution in [1.82, 2.24) is 9.97 Å². The number of fused-ring (bicyclic) bond motifs is 13. The van der Waals surface area contributed by atoms with Crippen LogP contribution >= 0.6 is 0 Å². The minimum Gasteiger partial charge on any atom is -0.438 e. The van der Waals surface area contributed by atoms with Gasteiger partial charge in [0.15, 0.2) is 5.82 Å².